The Labute approximate surface area is 232 Å². The molecule has 0 aromatic heterocycles. The molecule has 7 heteroatoms. The number of phenolic OH excluding ortho intramolecular Hbond substituents is 1. The van der Waals surface area contributed by atoms with Gasteiger partial charge in [0.15, 0.2) is 11.5 Å². The van der Waals surface area contributed by atoms with Crippen LogP contribution in [0.5, 0.6) is 17.2 Å². The highest BCUT2D eigenvalue weighted by atomic mass is 16.5. The molecule has 0 radical (unpaired) electrons. The Balaban J connectivity index is 1.82. The monoisotopic (exact) mass is 531 g/mol. The first-order valence-corrected chi connectivity index (χ1v) is 13.5. The standard InChI is InChI=1S/C32H41N3O4/c1-7-35(8-2)16-15-27-18-25(20-33-34-32(37)28-13-14-29(36)23(5)17-28)19-30(38-6)31(27)39-21-24-9-11-26(12-10-24)22(3)4/h9-14,17-20,22,36H,7-8,15-16,21H2,1-6H3,(H,34,37)/b33-20+. The molecule has 0 aliphatic rings. The van der Waals surface area contributed by atoms with Crippen LogP contribution in [0, 0.1) is 6.92 Å². The highest BCUT2D eigenvalue weighted by Crippen LogP contribution is 2.34. The second-order valence-electron chi connectivity index (χ2n) is 9.87. The van der Waals surface area contributed by atoms with E-state index in [-0.39, 0.29) is 11.7 Å². The first kappa shape index (κ1) is 29.7. The number of nitrogens with zero attached hydrogens (tertiary/aromatic N) is 2. The number of carbonyl (C=O) groups excluding carboxylic acids is 1. The summed E-state index contributed by atoms with van der Waals surface area (Å²) in [5.74, 6) is 1.61. The number of nitrogens with one attached hydrogen (secondary N) is 1. The van der Waals surface area contributed by atoms with Crippen molar-refractivity contribution in [3.05, 3.63) is 88.0 Å². The van der Waals surface area contributed by atoms with Crippen molar-refractivity contribution < 1.29 is 19.4 Å². The van der Waals surface area contributed by atoms with E-state index in [1.165, 1.54) is 11.6 Å². The first-order chi connectivity index (χ1) is 18.7. The summed E-state index contributed by atoms with van der Waals surface area (Å²) >= 11 is 0. The summed E-state index contributed by atoms with van der Waals surface area (Å²) in [6.45, 7) is 13.7. The molecule has 0 saturated heterocycles. The van der Waals surface area contributed by atoms with Crippen molar-refractivity contribution in [2.75, 3.05) is 26.7 Å². The minimum atomic E-state index is -0.355. The van der Waals surface area contributed by atoms with Crippen molar-refractivity contribution >= 4 is 12.1 Å². The van der Waals surface area contributed by atoms with Gasteiger partial charge in [-0.2, -0.15) is 5.10 Å². The van der Waals surface area contributed by atoms with E-state index in [2.05, 4.69) is 67.4 Å². The zero-order chi connectivity index (χ0) is 28.4. The number of phenols is 1. The van der Waals surface area contributed by atoms with Crippen LogP contribution < -0.4 is 14.9 Å². The molecule has 1 amide bonds. The molecule has 208 valence electrons. The number of hydrogen-bond acceptors (Lipinski definition) is 6. The van der Waals surface area contributed by atoms with Crippen LogP contribution in [0.4, 0.5) is 0 Å². The Kier molecular flexibility index (Phi) is 10.9. The molecule has 0 heterocycles. The third-order valence-electron chi connectivity index (χ3n) is 6.83. The van der Waals surface area contributed by atoms with E-state index in [0.717, 1.165) is 48.5 Å². The van der Waals surface area contributed by atoms with Gasteiger partial charge in [-0.3, -0.25) is 4.79 Å². The summed E-state index contributed by atoms with van der Waals surface area (Å²) in [7, 11) is 1.63. The fraction of sp³-hybridized carbons (Fsp3) is 0.375. The van der Waals surface area contributed by atoms with Gasteiger partial charge in [-0.25, -0.2) is 5.43 Å². The highest BCUT2D eigenvalue weighted by molar-refractivity contribution is 5.95. The summed E-state index contributed by atoms with van der Waals surface area (Å²) in [6.07, 6.45) is 2.38. The number of hydrogen-bond donors (Lipinski definition) is 2. The molecule has 0 atom stereocenters. The molecular weight excluding hydrogens is 490 g/mol. The van der Waals surface area contributed by atoms with Crippen LogP contribution in [0.25, 0.3) is 0 Å². The quantitative estimate of drug-likeness (QED) is 0.207. The minimum absolute atomic E-state index is 0.147. The largest absolute Gasteiger partial charge is 0.508 e. The van der Waals surface area contributed by atoms with Gasteiger partial charge < -0.3 is 19.5 Å². The van der Waals surface area contributed by atoms with Crippen molar-refractivity contribution in [1.29, 1.82) is 0 Å². The van der Waals surface area contributed by atoms with Crippen LogP contribution in [0.2, 0.25) is 0 Å². The van der Waals surface area contributed by atoms with E-state index in [9.17, 15) is 9.90 Å². The van der Waals surface area contributed by atoms with Crippen LogP contribution in [-0.2, 0) is 13.0 Å². The van der Waals surface area contributed by atoms with Crippen molar-refractivity contribution in [2.45, 2.75) is 53.6 Å². The molecule has 3 rings (SSSR count). The van der Waals surface area contributed by atoms with Crippen molar-refractivity contribution in [3.8, 4) is 17.2 Å². The average molecular weight is 532 g/mol. The van der Waals surface area contributed by atoms with E-state index in [0.29, 0.717) is 29.4 Å². The molecule has 2 N–H and O–H groups in total. The van der Waals surface area contributed by atoms with Crippen molar-refractivity contribution in [3.63, 3.8) is 0 Å². The fourth-order valence-corrected chi connectivity index (χ4v) is 4.26. The third-order valence-corrected chi connectivity index (χ3v) is 6.83. The topological polar surface area (TPSA) is 83.4 Å². The van der Waals surface area contributed by atoms with Crippen LogP contribution in [0.3, 0.4) is 0 Å². The van der Waals surface area contributed by atoms with Crippen LogP contribution in [-0.4, -0.2) is 48.9 Å². The number of carbonyl (C=O) groups is 1. The summed E-state index contributed by atoms with van der Waals surface area (Å²) in [5, 5.41) is 13.9. The number of benzene rings is 3. The Morgan fingerprint density at radius 1 is 1.08 bits per heavy atom. The molecule has 3 aromatic carbocycles. The number of ether oxygens (including phenoxy) is 2. The van der Waals surface area contributed by atoms with E-state index < -0.39 is 0 Å². The van der Waals surface area contributed by atoms with E-state index >= 15 is 0 Å². The van der Waals surface area contributed by atoms with Gasteiger partial charge in [-0.1, -0.05) is 52.0 Å². The normalized spacial score (nSPS) is 11.4. The number of rotatable bonds is 13. The van der Waals surface area contributed by atoms with E-state index in [1.54, 1.807) is 32.4 Å². The highest BCUT2D eigenvalue weighted by Gasteiger charge is 2.15. The third kappa shape index (κ3) is 8.32. The van der Waals surface area contributed by atoms with Gasteiger partial charge in [0, 0.05) is 12.1 Å². The lowest BCUT2D eigenvalue weighted by Gasteiger charge is -2.21. The number of amides is 1. The van der Waals surface area contributed by atoms with Gasteiger partial charge in [0.2, 0.25) is 0 Å². The Morgan fingerprint density at radius 2 is 1.79 bits per heavy atom. The predicted molar refractivity (Wildman–Crippen MR) is 157 cm³/mol. The summed E-state index contributed by atoms with van der Waals surface area (Å²) in [6, 6.07) is 17.1. The van der Waals surface area contributed by atoms with Crippen molar-refractivity contribution in [2.24, 2.45) is 5.10 Å². The number of aromatic hydroxyl groups is 1. The average Bonchev–Trinajstić information content (AvgIpc) is 2.94. The molecule has 7 nitrogen and oxygen atoms in total. The summed E-state index contributed by atoms with van der Waals surface area (Å²) in [4.78, 5) is 14.9. The maximum atomic E-state index is 12.5. The first-order valence-electron chi connectivity index (χ1n) is 13.5. The van der Waals surface area contributed by atoms with Gasteiger partial charge in [-0.15, -0.1) is 0 Å². The number of likely N-dealkylation sites (N-methyl/N-ethyl adjacent to an activating group) is 1. The smallest absolute Gasteiger partial charge is 0.271 e. The van der Waals surface area contributed by atoms with Gasteiger partial charge in [0.25, 0.3) is 5.91 Å². The Hall–Kier alpha value is -3.84. The lowest BCUT2D eigenvalue weighted by atomic mass is 10.0. The molecule has 0 saturated carbocycles. The van der Waals surface area contributed by atoms with Crippen LogP contribution in [0.1, 0.15) is 71.8 Å². The summed E-state index contributed by atoms with van der Waals surface area (Å²) < 4.78 is 12.1. The molecule has 0 aliphatic carbocycles. The predicted octanol–water partition coefficient (Wildman–Crippen LogP) is 6.06. The van der Waals surface area contributed by atoms with Gasteiger partial charge >= 0.3 is 0 Å². The van der Waals surface area contributed by atoms with E-state index in [1.807, 2.05) is 12.1 Å². The Morgan fingerprint density at radius 3 is 2.41 bits per heavy atom. The zero-order valence-corrected chi connectivity index (χ0v) is 24.0. The van der Waals surface area contributed by atoms with Crippen LogP contribution >= 0.6 is 0 Å². The zero-order valence-electron chi connectivity index (χ0n) is 24.0. The second-order valence-corrected chi connectivity index (χ2v) is 9.87. The van der Waals surface area contributed by atoms with Gasteiger partial charge in [-0.05, 0) is 90.5 Å². The molecule has 0 aliphatic heterocycles. The molecule has 0 bridgehead atoms. The molecule has 3 aromatic rings. The number of aryl methyl sites for hydroxylation is 1. The van der Waals surface area contributed by atoms with Crippen LogP contribution in [0.15, 0.2) is 59.7 Å². The van der Waals surface area contributed by atoms with Gasteiger partial charge in [0.05, 0.1) is 13.3 Å². The maximum absolute atomic E-state index is 12.5. The lowest BCUT2D eigenvalue weighted by Crippen LogP contribution is -2.25. The van der Waals surface area contributed by atoms with Gasteiger partial charge in [0.1, 0.15) is 12.4 Å². The molecule has 39 heavy (non-hydrogen) atoms. The fourth-order valence-electron chi connectivity index (χ4n) is 4.26. The molecule has 0 spiro atoms. The van der Waals surface area contributed by atoms with E-state index in [4.69, 9.17) is 9.47 Å². The maximum Gasteiger partial charge on any atom is 0.271 e. The Bertz CT molecular complexity index is 1270. The number of methoxy groups -OCH3 is 1. The SMILES string of the molecule is CCN(CC)CCc1cc(/C=N/NC(=O)c2ccc(O)c(C)c2)cc(OC)c1OCc1ccc(C(C)C)cc1. The number of hydrazone groups is 1. The summed E-state index contributed by atoms with van der Waals surface area (Å²) in [5.41, 5.74) is 7.80. The lowest BCUT2D eigenvalue weighted by molar-refractivity contribution is 0.0955. The molecule has 0 fully saturated rings. The second kappa shape index (κ2) is 14.4. The molecular formula is C32H41N3O4. The molecule has 0 unspecified atom stereocenters. The minimum Gasteiger partial charge on any atom is -0.508 e. The van der Waals surface area contributed by atoms with Crippen molar-refractivity contribution in [1.82, 2.24) is 10.3 Å².